The Hall–Kier alpha value is -3.39. The summed E-state index contributed by atoms with van der Waals surface area (Å²) < 4.78 is 10.5. The van der Waals surface area contributed by atoms with Gasteiger partial charge in [0.15, 0.2) is 16.6 Å². The van der Waals surface area contributed by atoms with Gasteiger partial charge in [-0.3, -0.25) is 14.9 Å². The van der Waals surface area contributed by atoms with Crippen LogP contribution < -0.4 is 20.1 Å². The second-order valence-corrected chi connectivity index (χ2v) is 7.29. The Bertz CT molecular complexity index is 973. The highest BCUT2D eigenvalue weighted by Gasteiger charge is 2.07. The van der Waals surface area contributed by atoms with E-state index in [-0.39, 0.29) is 16.9 Å². The van der Waals surface area contributed by atoms with Crippen molar-refractivity contribution in [3.05, 3.63) is 59.7 Å². The number of methoxy groups -OCH3 is 2. The summed E-state index contributed by atoms with van der Waals surface area (Å²) >= 11 is 5.22. The third-order valence-corrected chi connectivity index (χ3v) is 4.59. The number of carbonyl (C=O) groups is 2. The van der Waals surface area contributed by atoms with Crippen molar-refractivity contribution >= 4 is 40.9 Å². The topological polar surface area (TPSA) is 79.9 Å². The molecule has 0 saturated heterocycles. The summed E-state index contributed by atoms with van der Waals surface area (Å²) in [6.07, 6.45) is 4.10. The molecule has 0 fully saturated rings. The molecule has 2 N–H and O–H groups in total. The van der Waals surface area contributed by atoms with Crippen LogP contribution in [0.3, 0.4) is 0 Å². The molecule has 2 aromatic carbocycles. The van der Waals surface area contributed by atoms with Crippen molar-refractivity contribution in [2.45, 2.75) is 12.8 Å². The number of amides is 2. The molecule has 8 heteroatoms. The fourth-order valence-electron chi connectivity index (χ4n) is 2.72. The molecular formula is C23H27N3O4S. The maximum absolute atomic E-state index is 12.2. The Morgan fingerprint density at radius 1 is 1.06 bits per heavy atom. The zero-order chi connectivity index (χ0) is 22.8. The standard InChI is InChI=1S/C23H27N3O4S/c1-26(2)22(28)13-10-16-6-5-7-18(14-16)24-23(31)25-21(27)12-9-17-8-11-19(29-3)20(15-17)30-4/h5-9,11-12,14-15H,10,13H2,1-4H3,(H2,24,25,27,31)/b12-9+. The number of aryl methyl sites for hydroxylation is 1. The molecule has 31 heavy (non-hydrogen) atoms. The molecule has 0 radical (unpaired) electrons. The highest BCUT2D eigenvalue weighted by molar-refractivity contribution is 7.80. The van der Waals surface area contributed by atoms with Gasteiger partial charge in [-0.25, -0.2) is 0 Å². The predicted octanol–water partition coefficient (Wildman–Crippen LogP) is 3.25. The molecule has 0 atom stereocenters. The lowest BCUT2D eigenvalue weighted by molar-refractivity contribution is -0.128. The van der Waals surface area contributed by atoms with Gasteiger partial charge in [-0.1, -0.05) is 18.2 Å². The zero-order valence-corrected chi connectivity index (χ0v) is 18.9. The lowest BCUT2D eigenvalue weighted by Crippen LogP contribution is -2.32. The van der Waals surface area contributed by atoms with Crippen molar-refractivity contribution < 1.29 is 19.1 Å². The van der Waals surface area contributed by atoms with Gasteiger partial charge < -0.3 is 19.7 Å². The Morgan fingerprint density at radius 3 is 2.48 bits per heavy atom. The van der Waals surface area contributed by atoms with Crippen molar-refractivity contribution in [1.82, 2.24) is 10.2 Å². The molecule has 164 valence electrons. The first-order valence-corrected chi connectivity index (χ1v) is 10.0. The maximum atomic E-state index is 12.2. The van der Waals surface area contributed by atoms with E-state index in [4.69, 9.17) is 21.7 Å². The molecule has 0 spiro atoms. The average molecular weight is 442 g/mol. The summed E-state index contributed by atoms with van der Waals surface area (Å²) in [5.41, 5.74) is 2.53. The number of carbonyl (C=O) groups excluding carboxylic acids is 2. The van der Waals surface area contributed by atoms with E-state index in [1.807, 2.05) is 30.3 Å². The highest BCUT2D eigenvalue weighted by Crippen LogP contribution is 2.27. The SMILES string of the molecule is COc1ccc(/C=C/C(=O)NC(=S)Nc2cccc(CCC(=O)N(C)C)c2)cc1OC. The van der Waals surface area contributed by atoms with Gasteiger partial charge in [0.05, 0.1) is 14.2 Å². The molecule has 0 saturated carbocycles. The van der Waals surface area contributed by atoms with E-state index in [0.29, 0.717) is 24.3 Å². The van der Waals surface area contributed by atoms with Gasteiger partial charge in [0, 0.05) is 32.3 Å². The summed E-state index contributed by atoms with van der Waals surface area (Å²) in [6, 6.07) is 12.9. The normalized spacial score (nSPS) is 10.5. The van der Waals surface area contributed by atoms with Crippen molar-refractivity contribution in [2.75, 3.05) is 33.6 Å². The van der Waals surface area contributed by atoms with Gasteiger partial charge in [-0.05, 0) is 60.1 Å². The van der Waals surface area contributed by atoms with Crippen LogP contribution in [0.15, 0.2) is 48.5 Å². The number of rotatable bonds is 8. The minimum Gasteiger partial charge on any atom is -0.493 e. The first-order valence-electron chi connectivity index (χ1n) is 9.63. The molecule has 2 amide bonds. The van der Waals surface area contributed by atoms with E-state index < -0.39 is 0 Å². The number of hydrogen-bond acceptors (Lipinski definition) is 5. The smallest absolute Gasteiger partial charge is 0.250 e. The molecule has 0 aromatic heterocycles. The van der Waals surface area contributed by atoms with E-state index in [1.165, 1.54) is 6.08 Å². The number of nitrogens with one attached hydrogen (secondary N) is 2. The summed E-state index contributed by atoms with van der Waals surface area (Å²) in [7, 11) is 6.59. The Balaban J connectivity index is 1.91. The van der Waals surface area contributed by atoms with Crippen LogP contribution in [-0.4, -0.2) is 50.1 Å². The van der Waals surface area contributed by atoms with Crippen molar-refractivity contribution in [2.24, 2.45) is 0 Å². The van der Waals surface area contributed by atoms with Crippen LogP contribution in [0.2, 0.25) is 0 Å². The molecule has 0 unspecified atom stereocenters. The number of benzene rings is 2. The fraction of sp³-hybridized carbons (Fsp3) is 0.261. The van der Waals surface area contributed by atoms with Crippen molar-refractivity contribution in [3.63, 3.8) is 0 Å². The van der Waals surface area contributed by atoms with Crippen molar-refractivity contribution in [1.29, 1.82) is 0 Å². The zero-order valence-electron chi connectivity index (χ0n) is 18.1. The van der Waals surface area contributed by atoms with Gasteiger partial charge in [-0.2, -0.15) is 0 Å². The van der Waals surface area contributed by atoms with E-state index in [9.17, 15) is 9.59 Å². The summed E-state index contributed by atoms with van der Waals surface area (Å²) in [5, 5.41) is 5.78. The molecule has 2 rings (SSSR count). The van der Waals surface area contributed by atoms with Crippen molar-refractivity contribution in [3.8, 4) is 11.5 Å². The van der Waals surface area contributed by atoms with Crippen LogP contribution in [0.5, 0.6) is 11.5 Å². The quantitative estimate of drug-likeness (QED) is 0.484. The molecule has 0 heterocycles. The average Bonchev–Trinajstić information content (AvgIpc) is 2.75. The molecule has 2 aromatic rings. The van der Waals surface area contributed by atoms with Gasteiger partial charge in [0.25, 0.3) is 0 Å². The minimum atomic E-state index is -0.361. The Labute approximate surface area is 188 Å². The predicted molar refractivity (Wildman–Crippen MR) is 126 cm³/mol. The highest BCUT2D eigenvalue weighted by atomic mass is 32.1. The molecular weight excluding hydrogens is 414 g/mol. The lowest BCUT2D eigenvalue weighted by atomic mass is 10.1. The van der Waals surface area contributed by atoms with E-state index in [1.54, 1.807) is 51.4 Å². The monoisotopic (exact) mass is 441 g/mol. The fourth-order valence-corrected chi connectivity index (χ4v) is 2.94. The third-order valence-electron chi connectivity index (χ3n) is 4.38. The Kier molecular flexibility index (Phi) is 9.02. The number of hydrogen-bond donors (Lipinski definition) is 2. The van der Waals surface area contributed by atoms with Crippen LogP contribution >= 0.6 is 12.2 Å². The molecule has 0 aliphatic carbocycles. The van der Waals surface area contributed by atoms with Gasteiger partial charge >= 0.3 is 0 Å². The first-order chi connectivity index (χ1) is 14.8. The van der Waals surface area contributed by atoms with Crippen LogP contribution in [0.4, 0.5) is 5.69 Å². The van der Waals surface area contributed by atoms with Crippen LogP contribution in [0.25, 0.3) is 6.08 Å². The van der Waals surface area contributed by atoms with Crippen LogP contribution in [0, 0.1) is 0 Å². The van der Waals surface area contributed by atoms with E-state index >= 15 is 0 Å². The Morgan fingerprint density at radius 2 is 1.81 bits per heavy atom. The summed E-state index contributed by atoms with van der Waals surface area (Å²) in [6.45, 7) is 0. The van der Waals surface area contributed by atoms with E-state index in [0.717, 1.165) is 16.8 Å². The largest absolute Gasteiger partial charge is 0.493 e. The number of thiocarbonyl (C=S) groups is 1. The number of nitrogens with zero attached hydrogens (tertiary/aromatic N) is 1. The first kappa shape index (κ1) is 23.9. The lowest BCUT2D eigenvalue weighted by Gasteiger charge is -2.11. The molecule has 7 nitrogen and oxygen atoms in total. The summed E-state index contributed by atoms with van der Waals surface area (Å²) in [4.78, 5) is 25.5. The van der Waals surface area contributed by atoms with Crippen LogP contribution in [-0.2, 0) is 16.0 Å². The minimum absolute atomic E-state index is 0.0717. The maximum Gasteiger partial charge on any atom is 0.250 e. The van der Waals surface area contributed by atoms with Crippen LogP contribution in [0.1, 0.15) is 17.5 Å². The molecule has 0 bridgehead atoms. The summed E-state index contributed by atoms with van der Waals surface area (Å²) in [5.74, 6) is 0.902. The molecule has 0 aliphatic heterocycles. The van der Waals surface area contributed by atoms with Gasteiger partial charge in [0.2, 0.25) is 11.8 Å². The number of ether oxygens (including phenoxy) is 2. The third kappa shape index (κ3) is 7.75. The van der Waals surface area contributed by atoms with Gasteiger partial charge in [0.1, 0.15) is 0 Å². The van der Waals surface area contributed by atoms with E-state index in [2.05, 4.69) is 10.6 Å². The number of anilines is 1. The molecule has 0 aliphatic rings. The second kappa shape index (κ2) is 11.7. The second-order valence-electron chi connectivity index (χ2n) is 6.88. The van der Waals surface area contributed by atoms with Gasteiger partial charge in [-0.15, -0.1) is 0 Å².